The van der Waals surface area contributed by atoms with Crippen molar-refractivity contribution in [1.29, 1.82) is 0 Å². The maximum Gasteiger partial charge on any atom is 0.411 e. The number of carbonyl (C=O) groups excluding carboxylic acids is 1. The van der Waals surface area contributed by atoms with Gasteiger partial charge in [0.05, 0.1) is 19.3 Å². The van der Waals surface area contributed by atoms with Gasteiger partial charge in [0.1, 0.15) is 6.61 Å². The lowest BCUT2D eigenvalue weighted by Crippen LogP contribution is -2.42. The Balaban J connectivity index is 1.68. The number of allylic oxidation sites excluding steroid dienone is 1. The molecule has 2 fully saturated rings. The van der Waals surface area contributed by atoms with Crippen molar-refractivity contribution in [2.75, 3.05) is 19.8 Å². The first kappa shape index (κ1) is 16.3. The molecule has 0 spiro atoms. The summed E-state index contributed by atoms with van der Waals surface area (Å²) in [6.45, 7) is 9.54. The predicted octanol–water partition coefficient (Wildman–Crippen LogP) is 3.04. The van der Waals surface area contributed by atoms with Crippen LogP contribution in [0.2, 0.25) is 0 Å². The molecular formula is C18H25NO4. The van der Waals surface area contributed by atoms with E-state index in [-0.39, 0.29) is 31.1 Å². The molecule has 2 bridgehead atoms. The zero-order valence-corrected chi connectivity index (χ0v) is 13.5. The number of hydrogen-bond donors (Lipinski definition) is 0. The molecule has 126 valence electrons. The Morgan fingerprint density at radius 1 is 1.39 bits per heavy atom. The van der Waals surface area contributed by atoms with Crippen molar-refractivity contribution in [3.05, 3.63) is 37.0 Å². The van der Waals surface area contributed by atoms with E-state index in [1.54, 1.807) is 6.08 Å². The summed E-state index contributed by atoms with van der Waals surface area (Å²) in [5, 5.41) is 0. The lowest BCUT2D eigenvalue weighted by atomic mass is 9.86. The molecule has 0 aromatic carbocycles. The van der Waals surface area contributed by atoms with Gasteiger partial charge >= 0.3 is 6.09 Å². The van der Waals surface area contributed by atoms with E-state index >= 15 is 0 Å². The topological polar surface area (TPSA) is 48.0 Å². The van der Waals surface area contributed by atoms with Crippen molar-refractivity contribution in [1.82, 2.24) is 4.90 Å². The third-order valence-electron chi connectivity index (χ3n) is 4.82. The number of likely N-dealkylation sites (tertiary alicyclic amines) is 1. The average Bonchev–Trinajstić information content (AvgIpc) is 2.73. The van der Waals surface area contributed by atoms with Crippen LogP contribution in [-0.2, 0) is 14.2 Å². The third-order valence-corrected chi connectivity index (χ3v) is 4.82. The molecule has 5 nitrogen and oxygen atoms in total. The lowest BCUT2D eigenvalue weighted by molar-refractivity contribution is -0.182. The summed E-state index contributed by atoms with van der Waals surface area (Å²) >= 11 is 0. The Kier molecular flexibility index (Phi) is 5.18. The van der Waals surface area contributed by atoms with Crippen molar-refractivity contribution in [2.45, 2.75) is 44.1 Å². The van der Waals surface area contributed by atoms with Crippen LogP contribution in [0.3, 0.4) is 0 Å². The molecule has 23 heavy (non-hydrogen) atoms. The molecule has 0 aromatic rings. The number of hydrogen-bond acceptors (Lipinski definition) is 4. The zero-order chi connectivity index (χ0) is 16.2. The van der Waals surface area contributed by atoms with Gasteiger partial charge in [-0.25, -0.2) is 4.79 Å². The second kappa shape index (κ2) is 7.32. The Bertz CT molecular complexity index is 495. The van der Waals surface area contributed by atoms with Crippen LogP contribution in [-0.4, -0.2) is 49.2 Å². The highest BCUT2D eigenvalue weighted by atomic mass is 16.7. The fourth-order valence-electron chi connectivity index (χ4n) is 3.73. The molecule has 0 radical (unpaired) electrons. The van der Waals surface area contributed by atoms with Crippen molar-refractivity contribution < 1.29 is 19.0 Å². The van der Waals surface area contributed by atoms with E-state index in [1.807, 2.05) is 4.90 Å². The van der Waals surface area contributed by atoms with Crippen LogP contribution in [0.25, 0.3) is 0 Å². The third kappa shape index (κ3) is 3.35. The van der Waals surface area contributed by atoms with Gasteiger partial charge in [-0.1, -0.05) is 31.4 Å². The molecule has 3 rings (SSSR count). The van der Waals surface area contributed by atoms with Crippen molar-refractivity contribution in [3.8, 4) is 0 Å². The minimum absolute atomic E-state index is 0.0516. The van der Waals surface area contributed by atoms with Gasteiger partial charge in [0.15, 0.2) is 6.29 Å². The maximum absolute atomic E-state index is 12.5. The molecule has 1 amide bonds. The number of rotatable bonds is 5. The minimum Gasteiger partial charge on any atom is -0.445 e. The van der Waals surface area contributed by atoms with Gasteiger partial charge in [0.2, 0.25) is 0 Å². The van der Waals surface area contributed by atoms with Gasteiger partial charge in [0.25, 0.3) is 0 Å². The first-order chi connectivity index (χ1) is 11.2. The first-order valence-electron chi connectivity index (χ1n) is 8.37. The highest BCUT2D eigenvalue weighted by Gasteiger charge is 2.47. The standard InChI is InChI=1S/C18H25NO4/c1-3-10-23-18(20)19-15-7-4-6-14(13(15)2)16(19)8-9-17-21-11-5-12-22-17/h3-4,7,14-17H,1-2,5-6,8-12H2/t14-,15+,16+/m0/s1. The molecule has 0 aromatic heterocycles. The normalized spacial score (nSPS) is 30.5. The second-order valence-corrected chi connectivity index (χ2v) is 6.23. The SMILES string of the molecule is C=CCOC(=O)N1[C@@H]2C=CC[C@@H](C2=C)[C@H]1CCC1OCCCO1. The van der Waals surface area contributed by atoms with E-state index in [9.17, 15) is 4.79 Å². The summed E-state index contributed by atoms with van der Waals surface area (Å²) in [7, 11) is 0. The molecule has 0 saturated carbocycles. The molecule has 2 heterocycles. The zero-order valence-electron chi connectivity index (χ0n) is 13.5. The van der Waals surface area contributed by atoms with Crippen molar-refractivity contribution in [2.24, 2.45) is 5.92 Å². The Morgan fingerprint density at radius 2 is 2.17 bits per heavy atom. The molecule has 2 saturated heterocycles. The molecule has 1 aliphatic carbocycles. The fraction of sp³-hybridized carbons (Fsp3) is 0.611. The van der Waals surface area contributed by atoms with Gasteiger partial charge in [-0.15, -0.1) is 0 Å². The minimum atomic E-state index is -0.291. The summed E-state index contributed by atoms with van der Waals surface area (Å²) in [5.74, 6) is 0.296. The van der Waals surface area contributed by atoms with E-state index in [0.717, 1.165) is 44.5 Å². The summed E-state index contributed by atoms with van der Waals surface area (Å²) in [4.78, 5) is 14.3. The highest BCUT2D eigenvalue weighted by Crippen LogP contribution is 2.42. The number of ether oxygens (including phenoxy) is 3. The Hall–Kier alpha value is -1.59. The van der Waals surface area contributed by atoms with E-state index < -0.39 is 0 Å². The molecule has 3 atom stereocenters. The molecule has 2 aliphatic heterocycles. The number of nitrogens with zero attached hydrogens (tertiary/aromatic N) is 1. The van der Waals surface area contributed by atoms with Crippen LogP contribution < -0.4 is 0 Å². The summed E-state index contributed by atoms with van der Waals surface area (Å²) < 4.78 is 16.5. The number of fused-ring (bicyclic) bond motifs is 2. The Morgan fingerprint density at radius 3 is 2.91 bits per heavy atom. The summed E-state index contributed by atoms with van der Waals surface area (Å²) in [6, 6.07) is 0.0400. The summed E-state index contributed by atoms with van der Waals surface area (Å²) in [6.07, 6.45) is 8.83. The summed E-state index contributed by atoms with van der Waals surface area (Å²) in [5.41, 5.74) is 1.11. The molecule has 0 unspecified atom stereocenters. The fourth-order valence-corrected chi connectivity index (χ4v) is 3.73. The maximum atomic E-state index is 12.5. The quantitative estimate of drug-likeness (QED) is 0.731. The molecular weight excluding hydrogens is 294 g/mol. The van der Waals surface area contributed by atoms with E-state index in [1.165, 1.54) is 0 Å². The second-order valence-electron chi connectivity index (χ2n) is 6.23. The predicted molar refractivity (Wildman–Crippen MR) is 86.9 cm³/mol. The lowest BCUT2D eigenvalue weighted by Gasteiger charge is -2.30. The van der Waals surface area contributed by atoms with Crippen LogP contribution in [0, 0.1) is 5.92 Å². The first-order valence-corrected chi connectivity index (χ1v) is 8.37. The highest BCUT2D eigenvalue weighted by molar-refractivity contribution is 5.71. The number of carbonyl (C=O) groups is 1. The van der Waals surface area contributed by atoms with E-state index in [4.69, 9.17) is 14.2 Å². The van der Waals surface area contributed by atoms with Crippen molar-refractivity contribution in [3.63, 3.8) is 0 Å². The smallest absolute Gasteiger partial charge is 0.411 e. The van der Waals surface area contributed by atoms with Crippen LogP contribution in [0.15, 0.2) is 37.0 Å². The van der Waals surface area contributed by atoms with Gasteiger partial charge in [-0.3, -0.25) is 4.90 Å². The van der Waals surface area contributed by atoms with E-state index in [0.29, 0.717) is 5.92 Å². The van der Waals surface area contributed by atoms with Crippen molar-refractivity contribution >= 4 is 6.09 Å². The van der Waals surface area contributed by atoms with Crippen LogP contribution in [0.4, 0.5) is 4.79 Å². The van der Waals surface area contributed by atoms with E-state index in [2.05, 4.69) is 25.3 Å². The van der Waals surface area contributed by atoms with Crippen LogP contribution in [0.5, 0.6) is 0 Å². The molecule has 5 heteroatoms. The molecule has 3 aliphatic rings. The largest absolute Gasteiger partial charge is 0.445 e. The van der Waals surface area contributed by atoms with Crippen LogP contribution in [0.1, 0.15) is 25.7 Å². The molecule has 0 N–H and O–H groups in total. The number of amides is 1. The van der Waals surface area contributed by atoms with Gasteiger partial charge in [-0.05, 0) is 24.8 Å². The van der Waals surface area contributed by atoms with Gasteiger partial charge < -0.3 is 14.2 Å². The Labute approximate surface area is 137 Å². The monoisotopic (exact) mass is 319 g/mol. The van der Waals surface area contributed by atoms with Gasteiger partial charge in [-0.2, -0.15) is 0 Å². The average molecular weight is 319 g/mol. The van der Waals surface area contributed by atoms with Crippen LogP contribution >= 0.6 is 0 Å². The van der Waals surface area contributed by atoms with Gasteiger partial charge in [0, 0.05) is 18.4 Å².